The van der Waals surface area contributed by atoms with Crippen LogP contribution in [-0.2, 0) is 6.42 Å². The molecule has 2 rings (SSSR count). The summed E-state index contributed by atoms with van der Waals surface area (Å²) in [6, 6.07) is 1.83. The number of halogens is 1. The highest BCUT2D eigenvalue weighted by molar-refractivity contribution is 9.10. The van der Waals surface area contributed by atoms with Crippen molar-refractivity contribution in [3.05, 3.63) is 28.8 Å². The summed E-state index contributed by atoms with van der Waals surface area (Å²) in [5.74, 6) is 1.99. The molecule has 0 aliphatic carbocycles. The quantitative estimate of drug-likeness (QED) is 0.860. The molecule has 0 amide bonds. The van der Waals surface area contributed by atoms with E-state index in [4.69, 9.17) is 0 Å². The van der Waals surface area contributed by atoms with E-state index in [-0.39, 0.29) is 0 Å². The molecule has 0 aliphatic rings. The van der Waals surface area contributed by atoms with Crippen molar-refractivity contribution >= 4 is 21.7 Å². The predicted octanol–water partition coefficient (Wildman–Crippen LogP) is 3.72. The summed E-state index contributed by atoms with van der Waals surface area (Å²) < 4.78 is 0.947. The molecule has 0 bridgehead atoms. The molecule has 0 aromatic carbocycles. The normalized spacial score (nSPS) is 10.9. The fraction of sp³-hybridized carbons (Fsp3) is 0.467. The highest BCUT2D eigenvalue weighted by Gasteiger charge is 2.14. The molecule has 21 heavy (non-hydrogen) atoms. The molecule has 0 unspecified atom stereocenters. The van der Waals surface area contributed by atoms with Crippen LogP contribution in [0, 0.1) is 5.92 Å². The van der Waals surface area contributed by atoms with Gasteiger partial charge in [0, 0.05) is 12.7 Å². The summed E-state index contributed by atoms with van der Waals surface area (Å²) in [6.07, 6.45) is 5.15. The third-order valence-electron chi connectivity index (χ3n) is 2.87. The van der Waals surface area contributed by atoms with E-state index < -0.39 is 0 Å². The van der Waals surface area contributed by atoms with Crippen LogP contribution in [0.15, 0.2) is 23.1 Å². The first-order valence-corrected chi connectivity index (χ1v) is 7.97. The Labute approximate surface area is 133 Å². The van der Waals surface area contributed by atoms with Crippen LogP contribution in [0.1, 0.15) is 32.9 Å². The Morgan fingerprint density at radius 2 is 2.10 bits per heavy atom. The maximum Gasteiger partial charge on any atom is 0.180 e. The van der Waals surface area contributed by atoms with Gasteiger partial charge >= 0.3 is 0 Å². The summed E-state index contributed by atoms with van der Waals surface area (Å²) >= 11 is 3.63. The van der Waals surface area contributed by atoms with Crippen LogP contribution in [0.25, 0.3) is 11.5 Å². The Balaban J connectivity index is 2.45. The molecule has 0 saturated heterocycles. The first kappa shape index (κ1) is 15.8. The number of hydrogen-bond acceptors (Lipinski definition) is 5. The van der Waals surface area contributed by atoms with Crippen molar-refractivity contribution in [3.8, 4) is 11.5 Å². The van der Waals surface area contributed by atoms with Crippen LogP contribution in [0.5, 0.6) is 0 Å². The molecule has 2 aromatic heterocycles. The van der Waals surface area contributed by atoms with Gasteiger partial charge in [-0.25, -0.2) is 19.9 Å². The van der Waals surface area contributed by atoms with Crippen LogP contribution >= 0.6 is 15.9 Å². The Morgan fingerprint density at radius 1 is 1.29 bits per heavy atom. The second-order valence-electron chi connectivity index (χ2n) is 5.28. The molecule has 1 N–H and O–H groups in total. The third kappa shape index (κ3) is 4.20. The van der Waals surface area contributed by atoms with Gasteiger partial charge in [-0.3, -0.25) is 0 Å². The summed E-state index contributed by atoms with van der Waals surface area (Å²) in [4.78, 5) is 17.4. The fourth-order valence-corrected chi connectivity index (χ4v) is 2.39. The zero-order chi connectivity index (χ0) is 15.2. The summed E-state index contributed by atoms with van der Waals surface area (Å²) in [7, 11) is 0. The van der Waals surface area contributed by atoms with E-state index in [0.717, 1.165) is 41.1 Å². The number of nitrogens with zero attached hydrogens (tertiary/aromatic N) is 4. The lowest BCUT2D eigenvalue weighted by atomic mass is 10.1. The van der Waals surface area contributed by atoms with Crippen molar-refractivity contribution in [2.45, 2.75) is 33.6 Å². The Kier molecular flexibility index (Phi) is 5.61. The number of aromatic nitrogens is 4. The molecular formula is C15H20BrN5. The first-order chi connectivity index (χ1) is 10.1. The van der Waals surface area contributed by atoms with Gasteiger partial charge in [0.25, 0.3) is 0 Å². The average Bonchev–Trinajstić information content (AvgIpc) is 2.48. The SMILES string of the molecule is CCCNc1nc(-c2ccncn2)nc(CC(C)C)c1Br. The van der Waals surface area contributed by atoms with E-state index in [1.165, 1.54) is 6.33 Å². The van der Waals surface area contributed by atoms with Crippen molar-refractivity contribution in [1.82, 2.24) is 19.9 Å². The largest absolute Gasteiger partial charge is 0.369 e. The molecule has 0 aliphatic heterocycles. The Morgan fingerprint density at radius 3 is 2.71 bits per heavy atom. The topological polar surface area (TPSA) is 63.6 Å². The van der Waals surface area contributed by atoms with Gasteiger partial charge in [0.2, 0.25) is 0 Å². The van der Waals surface area contributed by atoms with Crippen molar-refractivity contribution in [2.75, 3.05) is 11.9 Å². The number of nitrogens with one attached hydrogen (secondary N) is 1. The predicted molar refractivity (Wildman–Crippen MR) is 88.1 cm³/mol. The Hall–Kier alpha value is -1.56. The molecule has 2 heterocycles. The van der Waals surface area contributed by atoms with Gasteiger partial charge in [0.15, 0.2) is 5.82 Å². The number of anilines is 1. The summed E-state index contributed by atoms with van der Waals surface area (Å²) in [5.41, 5.74) is 1.74. The highest BCUT2D eigenvalue weighted by Crippen LogP contribution is 2.28. The molecule has 0 spiro atoms. The van der Waals surface area contributed by atoms with Gasteiger partial charge < -0.3 is 5.32 Å². The Bertz CT molecular complexity index is 586. The highest BCUT2D eigenvalue weighted by atomic mass is 79.9. The van der Waals surface area contributed by atoms with Gasteiger partial charge in [-0.05, 0) is 40.8 Å². The van der Waals surface area contributed by atoms with Crippen LogP contribution in [0.2, 0.25) is 0 Å². The number of rotatable bonds is 6. The molecule has 5 nitrogen and oxygen atoms in total. The van der Waals surface area contributed by atoms with E-state index in [9.17, 15) is 0 Å². The number of hydrogen-bond donors (Lipinski definition) is 1. The minimum atomic E-state index is 0.522. The summed E-state index contributed by atoms with van der Waals surface area (Å²) in [6.45, 7) is 7.36. The molecule has 6 heteroatoms. The van der Waals surface area contributed by atoms with Crippen LogP contribution in [-0.4, -0.2) is 26.5 Å². The maximum absolute atomic E-state index is 4.66. The van der Waals surface area contributed by atoms with Gasteiger partial charge in [0.05, 0.1) is 10.2 Å². The second-order valence-corrected chi connectivity index (χ2v) is 6.07. The lowest BCUT2D eigenvalue weighted by molar-refractivity contribution is 0.632. The van der Waals surface area contributed by atoms with E-state index in [1.807, 2.05) is 6.07 Å². The lowest BCUT2D eigenvalue weighted by Crippen LogP contribution is -2.09. The molecule has 0 atom stereocenters. The standard InChI is InChI=1S/C15H20BrN5/c1-4-6-18-15-13(16)12(8-10(2)3)20-14(21-15)11-5-7-17-9-19-11/h5,7,9-10H,4,6,8H2,1-3H3,(H,18,20,21). The zero-order valence-electron chi connectivity index (χ0n) is 12.6. The smallest absolute Gasteiger partial charge is 0.180 e. The van der Waals surface area contributed by atoms with Crippen LogP contribution in [0.4, 0.5) is 5.82 Å². The van der Waals surface area contributed by atoms with Crippen molar-refractivity contribution < 1.29 is 0 Å². The van der Waals surface area contributed by atoms with E-state index in [2.05, 4.69) is 62.0 Å². The fourth-order valence-electron chi connectivity index (χ4n) is 1.91. The van der Waals surface area contributed by atoms with Crippen molar-refractivity contribution in [1.29, 1.82) is 0 Å². The van der Waals surface area contributed by atoms with Crippen molar-refractivity contribution in [2.24, 2.45) is 5.92 Å². The van der Waals surface area contributed by atoms with Crippen LogP contribution in [0.3, 0.4) is 0 Å². The maximum atomic E-state index is 4.66. The average molecular weight is 350 g/mol. The summed E-state index contributed by atoms with van der Waals surface area (Å²) in [5, 5.41) is 3.35. The third-order valence-corrected chi connectivity index (χ3v) is 3.71. The molecule has 112 valence electrons. The second kappa shape index (κ2) is 7.45. The van der Waals surface area contributed by atoms with Gasteiger partial charge in [0.1, 0.15) is 17.8 Å². The molecule has 2 aromatic rings. The van der Waals surface area contributed by atoms with Gasteiger partial charge in [-0.2, -0.15) is 0 Å². The molecule has 0 saturated carbocycles. The van der Waals surface area contributed by atoms with Crippen molar-refractivity contribution in [3.63, 3.8) is 0 Å². The van der Waals surface area contributed by atoms with E-state index in [0.29, 0.717) is 11.7 Å². The van der Waals surface area contributed by atoms with E-state index in [1.54, 1.807) is 6.20 Å². The monoisotopic (exact) mass is 349 g/mol. The molecular weight excluding hydrogens is 330 g/mol. The van der Waals surface area contributed by atoms with E-state index >= 15 is 0 Å². The molecule has 0 radical (unpaired) electrons. The minimum Gasteiger partial charge on any atom is -0.369 e. The van der Waals surface area contributed by atoms with Gasteiger partial charge in [-0.1, -0.05) is 20.8 Å². The van der Waals surface area contributed by atoms with Crippen LogP contribution < -0.4 is 5.32 Å². The lowest BCUT2D eigenvalue weighted by Gasteiger charge is -2.13. The minimum absolute atomic E-state index is 0.522. The van der Waals surface area contributed by atoms with Gasteiger partial charge in [-0.15, -0.1) is 0 Å². The zero-order valence-corrected chi connectivity index (χ0v) is 14.2. The molecule has 0 fully saturated rings. The first-order valence-electron chi connectivity index (χ1n) is 7.18.